The van der Waals surface area contributed by atoms with Crippen molar-refractivity contribution in [3.63, 3.8) is 0 Å². The molecule has 11 nitrogen and oxygen atoms in total. The molecule has 3 unspecified atom stereocenters. The third kappa shape index (κ3) is 46.7. The number of hydrogen-bond donors (Lipinski definition) is 4. The van der Waals surface area contributed by atoms with E-state index >= 15 is 0 Å². The second-order valence-electron chi connectivity index (χ2n) is 16.3. The summed E-state index contributed by atoms with van der Waals surface area (Å²) in [7, 11) is -4.78. The maximum atomic E-state index is 12.4. The van der Waals surface area contributed by atoms with Crippen LogP contribution >= 0.6 is 7.82 Å². The Hall–Kier alpha value is -3.86. The predicted molar refractivity (Wildman–Crippen MR) is 272 cm³/mol. The molecule has 0 bridgehead atoms. The van der Waals surface area contributed by atoms with E-state index < -0.39 is 57.6 Å². The van der Waals surface area contributed by atoms with Crippen molar-refractivity contribution in [1.29, 1.82) is 0 Å². The molecule has 0 spiro atoms. The highest BCUT2D eigenvalue weighted by atomic mass is 31.2. The molecule has 0 saturated heterocycles. The second kappa shape index (κ2) is 47.6. The number of rotatable bonds is 45. The van der Waals surface area contributed by atoms with Gasteiger partial charge in [0.25, 0.3) is 0 Å². The molecule has 0 rings (SSSR count). The summed E-state index contributed by atoms with van der Waals surface area (Å²) >= 11 is 0. The molecule has 0 aliphatic heterocycles. The van der Waals surface area contributed by atoms with Gasteiger partial charge in [0.05, 0.1) is 13.2 Å². The number of allylic oxidation sites excluding steroid dienone is 18. The summed E-state index contributed by atoms with van der Waals surface area (Å²) in [6.07, 6.45) is 62.4. The number of nitrogens with one attached hydrogen (secondary N) is 1. The first-order valence-electron chi connectivity index (χ1n) is 24.9. The first-order valence-corrected chi connectivity index (χ1v) is 26.4. The molecule has 374 valence electrons. The summed E-state index contributed by atoms with van der Waals surface area (Å²) in [5, 5.41) is 21.9. The Balaban J connectivity index is 3.95. The summed E-state index contributed by atoms with van der Waals surface area (Å²) in [5.74, 6) is -2.44. The number of carbonyl (C=O) groups is 3. The molecule has 0 heterocycles. The zero-order chi connectivity index (χ0) is 48.4. The number of carboxylic acid groups (broad SMARTS) is 1. The van der Waals surface area contributed by atoms with Gasteiger partial charge in [-0.05, 0) is 103 Å². The van der Waals surface area contributed by atoms with Gasteiger partial charge in [0.2, 0.25) is 5.91 Å². The van der Waals surface area contributed by atoms with Gasteiger partial charge in [-0.2, -0.15) is 0 Å². The normalized spacial score (nSPS) is 14.5. The maximum absolute atomic E-state index is 12.4. The van der Waals surface area contributed by atoms with Gasteiger partial charge in [0.15, 0.2) is 6.04 Å². The van der Waals surface area contributed by atoms with Gasteiger partial charge in [-0.3, -0.25) is 18.6 Å². The lowest BCUT2D eigenvalue weighted by Gasteiger charge is -2.18. The number of aliphatic carboxylic acids is 1. The summed E-state index contributed by atoms with van der Waals surface area (Å²) in [6.45, 7) is 2.41. The number of amides is 1. The Morgan fingerprint density at radius 3 is 1.33 bits per heavy atom. The largest absolute Gasteiger partial charge is 0.480 e. The molecule has 0 aromatic heterocycles. The summed E-state index contributed by atoms with van der Waals surface area (Å²) < 4.78 is 26.9. The number of aliphatic hydroxyl groups excluding tert-OH is 1. The van der Waals surface area contributed by atoms with Crippen molar-refractivity contribution in [3.8, 4) is 0 Å². The van der Waals surface area contributed by atoms with Gasteiger partial charge in [-0.15, -0.1) is 0 Å². The van der Waals surface area contributed by atoms with Crippen LogP contribution in [0.5, 0.6) is 0 Å². The van der Waals surface area contributed by atoms with Crippen LogP contribution in [0.15, 0.2) is 109 Å². The SMILES string of the molecule is CC/C=C\C/C=C\C/C=C\C/C=C\C/C=C\CCCCCCCCCC(=O)NC(COP(=O)(O)OCC(O)COC(=O)CCCCC/C=C\C/C=C\C/C=C\C/C=C\CCCCC)C(=O)O. The maximum Gasteiger partial charge on any atom is 0.472 e. The molecular weight excluding hydrogens is 854 g/mol. The summed E-state index contributed by atoms with van der Waals surface area (Å²) in [5.41, 5.74) is 0. The number of esters is 1. The number of aliphatic hydroxyl groups is 1. The number of hydrogen-bond acceptors (Lipinski definition) is 8. The van der Waals surface area contributed by atoms with Crippen LogP contribution < -0.4 is 5.32 Å². The van der Waals surface area contributed by atoms with E-state index in [0.29, 0.717) is 12.8 Å². The van der Waals surface area contributed by atoms with Crippen LogP contribution in [0, 0.1) is 0 Å². The smallest absolute Gasteiger partial charge is 0.472 e. The van der Waals surface area contributed by atoms with Crippen LogP contribution in [0.2, 0.25) is 0 Å². The van der Waals surface area contributed by atoms with Crippen molar-refractivity contribution >= 4 is 25.7 Å². The molecule has 0 aliphatic carbocycles. The Morgan fingerprint density at radius 2 is 0.879 bits per heavy atom. The minimum atomic E-state index is -4.78. The molecule has 0 aromatic rings. The average molecular weight is 942 g/mol. The first kappa shape index (κ1) is 62.1. The van der Waals surface area contributed by atoms with Crippen molar-refractivity contribution in [2.75, 3.05) is 19.8 Å². The minimum Gasteiger partial charge on any atom is -0.480 e. The van der Waals surface area contributed by atoms with Crippen molar-refractivity contribution in [3.05, 3.63) is 109 Å². The van der Waals surface area contributed by atoms with Gasteiger partial charge in [0.1, 0.15) is 12.7 Å². The Morgan fingerprint density at radius 1 is 0.500 bits per heavy atom. The van der Waals surface area contributed by atoms with Crippen molar-refractivity contribution in [2.24, 2.45) is 0 Å². The van der Waals surface area contributed by atoms with E-state index in [1.165, 1.54) is 25.7 Å². The zero-order valence-electron chi connectivity index (χ0n) is 40.7. The van der Waals surface area contributed by atoms with Crippen molar-refractivity contribution < 1.29 is 47.8 Å². The lowest BCUT2D eigenvalue weighted by Crippen LogP contribution is -2.43. The predicted octanol–water partition coefficient (Wildman–Crippen LogP) is 13.8. The lowest BCUT2D eigenvalue weighted by atomic mass is 10.1. The van der Waals surface area contributed by atoms with Crippen molar-refractivity contribution in [1.82, 2.24) is 5.32 Å². The van der Waals surface area contributed by atoms with Crippen LogP contribution in [-0.2, 0) is 32.7 Å². The molecule has 1 amide bonds. The highest BCUT2D eigenvalue weighted by Crippen LogP contribution is 2.43. The van der Waals surface area contributed by atoms with E-state index in [4.69, 9.17) is 13.8 Å². The molecule has 0 fully saturated rings. The van der Waals surface area contributed by atoms with Crippen LogP contribution in [0.25, 0.3) is 0 Å². The summed E-state index contributed by atoms with van der Waals surface area (Å²) in [4.78, 5) is 46.1. The second-order valence-corrected chi connectivity index (χ2v) is 17.7. The van der Waals surface area contributed by atoms with Gasteiger partial charge in [0, 0.05) is 12.8 Å². The molecule has 0 aromatic carbocycles. The summed E-state index contributed by atoms with van der Waals surface area (Å²) in [6, 6.07) is -1.57. The van der Waals surface area contributed by atoms with E-state index in [-0.39, 0.29) is 12.8 Å². The first-order chi connectivity index (χ1) is 32.1. The molecule has 0 aliphatic rings. The number of phosphoric ester groups is 1. The van der Waals surface area contributed by atoms with Gasteiger partial charge in [-0.25, -0.2) is 9.36 Å². The fraction of sp³-hybridized carbons (Fsp3) is 0.611. The quantitative estimate of drug-likeness (QED) is 0.0200. The Kier molecular flexibility index (Phi) is 44.8. The van der Waals surface area contributed by atoms with E-state index in [2.05, 4.69) is 129 Å². The van der Waals surface area contributed by atoms with E-state index in [0.717, 1.165) is 116 Å². The van der Waals surface area contributed by atoms with E-state index in [1.807, 2.05) is 0 Å². The number of carbonyl (C=O) groups excluding carboxylic acids is 2. The number of carboxylic acids is 1. The number of unbranched alkanes of at least 4 members (excludes halogenated alkanes) is 13. The van der Waals surface area contributed by atoms with Crippen LogP contribution in [0.4, 0.5) is 0 Å². The number of ether oxygens (including phenoxy) is 1. The zero-order valence-corrected chi connectivity index (χ0v) is 41.6. The van der Waals surface area contributed by atoms with Gasteiger partial charge in [-0.1, -0.05) is 175 Å². The molecule has 0 saturated carbocycles. The van der Waals surface area contributed by atoms with E-state index in [9.17, 15) is 34.1 Å². The molecule has 0 radical (unpaired) electrons. The standard InChI is InChI=1S/C54H88NO10P/c1-3-5-7-9-11-13-15-17-19-21-23-24-25-26-28-29-31-33-35-37-39-41-43-45-52(57)55-51(54(59)60)49-65-66(61,62)64-48-50(56)47-63-53(58)46-44-42-40-38-36-34-32-30-27-22-20-18-16-14-12-10-8-6-4-2/h5,7,11-14,17-20,23-24,26-28,30,34,36,50-51,56H,3-4,6,8-10,15-16,21-22,25,29,31-33,35,37-49H2,1-2H3,(H,55,57)(H,59,60)(H,61,62)/b7-5-,13-11-,14-12-,19-17-,20-18-,24-23-,28-26-,30-27-,36-34-. The molecular formula is C54H88NO10P. The van der Waals surface area contributed by atoms with Crippen molar-refractivity contribution in [2.45, 2.75) is 193 Å². The topological polar surface area (TPSA) is 169 Å². The average Bonchev–Trinajstić information content (AvgIpc) is 3.29. The third-order valence-corrected chi connectivity index (χ3v) is 11.0. The van der Waals surface area contributed by atoms with Gasteiger partial charge >= 0.3 is 19.8 Å². The van der Waals surface area contributed by atoms with Crippen LogP contribution in [0.1, 0.15) is 181 Å². The molecule has 12 heteroatoms. The molecule has 4 N–H and O–H groups in total. The van der Waals surface area contributed by atoms with Crippen LogP contribution in [0.3, 0.4) is 0 Å². The fourth-order valence-corrected chi connectivity index (χ4v) is 6.98. The third-order valence-electron chi connectivity index (χ3n) is 10.0. The highest BCUT2D eigenvalue weighted by molar-refractivity contribution is 7.47. The monoisotopic (exact) mass is 942 g/mol. The minimum absolute atomic E-state index is 0.123. The van der Waals surface area contributed by atoms with Gasteiger partial charge < -0.3 is 25.2 Å². The molecule has 66 heavy (non-hydrogen) atoms. The molecule has 3 atom stereocenters. The number of phosphoric acid groups is 1. The lowest BCUT2D eigenvalue weighted by molar-refractivity contribution is -0.147. The Bertz CT molecular complexity index is 1530. The van der Waals surface area contributed by atoms with Crippen LogP contribution in [-0.4, -0.2) is 64.9 Å². The highest BCUT2D eigenvalue weighted by Gasteiger charge is 2.28. The Labute approximate surface area is 399 Å². The fourth-order valence-electron chi connectivity index (χ4n) is 6.21. The van der Waals surface area contributed by atoms with E-state index in [1.54, 1.807) is 0 Å².